The summed E-state index contributed by atoms with van der Waals surface area (Å²) in [4.78, 5) is 12.8. The summed E-state index contributed by atoms with van der Waals surface area (Å²) in [6.07, 6.45) is 0.538. The molecular weight excluding hydrogens is 387 g/mol. The van der Waals surface area contributed by atoms with Crippen LogP contribution in [-0.2, 0) is 6.42 Å². The molecule has 4 rings (SSSR count). The van der Waals surface area contributed by atoms with Crippen LogP contribution in [0.3, 0.4) is 0 Å². The molecule has 0 fully saturated rings. The Bertz CT molecular complexity index is 1160. The number of hydrogen-bond donors (Lipinski definition) is 0. The van der Waals surface area contributed by atoms with Crippen LogP contribution in [0.5, 0.6) is 11.5 Å². The fourth-order valence-corrected chi connectivity index (χ4v) is 4.40. The average Bonchev–Trinajstić information content (AvgIpc) is 2.80. The monoisotopic (exact) mass is 412 g/mol. The summed E-state index contributed by atoms with van der Waals surface area (Å²) in [6.45, 7) is 11.4. The molecule has 3 aromatic rings. The van der Waals surface area contributed by atoms with E-state index in [4.69, 9.17) is 13.6 Å². The lowest BCUT2D eigenvalue weighted by atomic mass is 9.96. The van der Waals surface area contributed by atoms with Gasteiger partial charge in [-0.15, -0.1) is 0 Å². The van der Waals surface area contributed by atoms with E-state index in [1.807, 2.05) is 18.2 Å². The molecule has 2 aromatic carbocycles. The van der Waals surface area contributed by atoms with Gasteiger partial charge < -0.3 is 13.6 Å². The summed E-state index contributed by atoms with van der Waals surface area (Å²) in [5, 5.41) is 0.807. The van der Waals surface area contributed by atoms with Crippen molar-refractivity contribution < 1.29 is 18.0 Å². The van der Waals surface area contributed by atoms with Crippen LogP contribution in [0.25, 0.3) is 22.1 Å². The smallest absolute Gasteiger partial charge is 0.344 e. The van der Waals surface area contributed by atoms with Gasteiger partial charge in [-0.05, 0) is 48.0 Å². The van der Waals surface area contributed by atoms with Crippen LogP contribution in [0.1, 0.15) is 26.3 Å². The molecule has 4 nitrogen and oxygen atoms in total. The van der Waals surface area contributed by atoms with Gasteiger partial charge in [-0.25, -0.2) is 9.18 Å². The molecule has 0 saturated heterocycles. The normalized spacial score (nSPS) is 14.0. The molecule has 0 unspecified atom stereocenters. The number of ether oxygens (including phenoxy) is 1. The minimum atomic E-state index is -2.00. The van der Waals surface area contributed by atoms with Gasteiger partial charge in [0.25, 0.3) is 0 Å². The highest BCUT2D eigenvalue weighted by Gasteiger charge is 2.39. The number of halogens is 1. The fraction of sp³-hybridized carbons (Fsp3) is 0.348. The molecule has 1 aliphatic heterocycles. The molecule has 0 spiro atoms. The molecule has 0 aliphatic carbocycles. The second kappa shape index (κ2) is 6.73. The average molecular weight is 413 g/mol. The Morgan fingerprint density at radius 3 is 2.59 bits per heavy atom. The molecule has 0 N–H and O–H groups in total. The third kappa shape index (κ3) is 3.46. The number of benzene rings is 2. The van der Waals surface area contributed by atoms with E-state index in [1.165, 1.54) is 12.1 Å². The minimum absolute atomic E-state index is 0.0719. The van der Waals surface area contributed by atoms with Crippen LogP contribution in [0.4, 0.5) is 4.39 Å². The van der Waals surface area contributed by atoms with Crippen molar-refractivity contribution in [3.8, 4) is 22.6 Å². The third-order valence-electron chi connectivity index (χ3n) is 5.99. The Balaban J connectivity index is 1.84. The van der Waals surface area contributed by atoms with Gasteiger partial charge in [-0.1, -0.05) is 20.8 Å². The highest BCUT2D eigenvalue weighted by molar-refractivity contribution is 6.74. The van der Waals surface area contributed by atoms with E-state index in [2.05, 4.69) is 33.9 Å². The first-order chi connectivity index (χ1) is 13.6. The minimum Gasteiger partial charge on any atom is -0.543 e. The Morgan fingerprint density at radius 1 is 1.10 bits per heavy atom. The van der Waals surface area contributed by atoms with Crippen molar-refractivity contribution in [1.82, 2.24) is 0 Å². The largest absolute Gasteiger partial charge is 0.543 e. The number of hydrogen-bond acceptors (Lipinski definition) is 4. The first-order valence-corrected chi connectivity index (χ1v) is 12.7. The van der Waals surface area contributed by atoms with E-state index in [0.29, 0.717) is 29.9 Å². The van der Waals surface area contributed by atoms with Crippen LogP contribution in [0, 0.1) is 5.82 Å². The second-order valence-corrected chi connectivity index (χ2v) is 13.7. The van der Waals surface area contributed by atoms with E-state index >= 15 is 0 Å². The van der Waals surface area contributed by atoms with Crippen molar-refractivity contribution in [3.63, 3.8) is 0 Å². The number of fused-ring (bicyclic) bond motifs is 5. The summed E-state index contributed by atoms with van der Waals surface area (Å²) in [5.41, 5.74) is 1.77. The maximum atomic E-state index is 13.6. The SMILES string of the molecule is CC(C)(C)[Si](C)(C)Oc1ccc2c(c1)OCCc1c-2c(=O)oc2cc(F)ccc12. The van der Waals surface area contributed by atoms with Crippen LogP contribution >= 0.6 is 0 Å². The van der Waals surface area contributed by atoms with Gasteiger partial charge in [0, 0.05) is 29.5 Å². The van der Waals surface area contributed by atoms with Crippen molar-refractivity contribution in [3.05, 3.63) is 58.2 Å². The highest BCUT2D eigenvalue weighted by Crippen LogP contribution is 2.41. The quantitative estimate of drug-likeness (QED) is 0.387. The lowest BCUT2D eigenvalue weighted by Gasteiger charge is -2.36. The summed E-state index contributed by atoms with van der Waals surface area (Å²) >= 11 is 0. The maximum Gasteiger partial charge on any atom is 0.344 e. The van der Waals surface area contributed by atoms with Gasteiger partial charge in [0.1, 0.15) is 22.9 Å². The molecule has 0 amide bonds. The fourth-order valence-electron chi connectivity index (χ4n) is 3.37. The standard InChI is InChI=1S/C23H25FO4Si/c1-23(2,3)29(4,5)28-15-7-9-18-19(13-15)26-11-10-17-16-8-6-14(24)12-20(16)27-22(25)21(17)18/h6-9,12-13H,10-11H2,1-5H3. The van der Waals surface area contributed by atoms with Crippen LogP contribution in [0.2, 0.25) is 18.1 Å². The van der Waals surface area contributed by atoms with E-state index < -0.39 is 19.8 Å². The second-order valence-electron chi connectivity index (χ2n) is 9.00. The van der Waals surface area contributed by atoms with Gasteiger partial charge in [0.05, 0.1) is 12.2 Å². The van der Waals surface area contributed by atoms with Crippen LogP contribution < -0.4 is 14.8 Å². The molecule has 152 valence electrons. The molecule has 1 aliphatic rings. The van der Waals surface area contributed by atoms with Gasteiger partial charge in [-0.3, -0.25) is 0 Å². The zero-order valence-electron chi connectivity index (χ0n) is 17.4. The molecule has 6 heteroatoms. The highest BCUT2D eigenvalue weighted by atomic mass is 28.4. The first-order valence-electron chi connectivity index (χ1n) is 9.78. The van der Waals surface area contributed by atoms with E-state index in [9.17, 15) is 9.18 Å². The maximum absolute atomic E-state index is 13.6. The Labute approximate surface area is 170 Å². The predicted molar refractivity (Wildman–Crippen MR) is 115 cm³/mol. The zero-order chi connectivity index (χ0) is 21.0. The molecule has 0 atom stereocenters. The van der Waals surface area contributed by atoms with E-state index in [1.54, 1.807) is 6.07 Å². The summed E-state index contributed by atoms with van der Waals surface area (Å²) in [5.74, 6) is 0.915. The molecule has 29 heavy (non-hydrogen) atoms. The van der Waals surface area contributed by atoms with Gasteiger partial charge in [0.2, 0.25) is 8.32 Å². The van der Waals surface area contributed by atoms with Crippen LogP contribution in [-0.4, -0.2) is 14.9 Å². The first kappa shape index (κ1) is 19.7. The van der Waals surface area contributed by atoms with Gasteiger partial charge in [-0.2, -0.15) is 0 Å². The van der Waals surface area contributed by atoms with Crippen molar-refractivity contribution in [1.29, 1.82) is 0 Å². The lowest BCUT2D eigenvalue weighted by molar-refractivity contribution is 0.325. The predicted octanol–water partition coefficient (Wildman–Crippen LogP) is 5.92. The van der Waals surface area contributed by atoms with Gasteiger partial charge in [0.15, 0.2) is 0 Å². The Hall–Kier alpha value is -2.60. The third-order valence-corrected chi connectivity index (χ3v) is 10.3. The van der Waals surface area contributed by atoms with Crippen molar-refractivity contribution in [2.45, 2.75) is 45.3 Å². The molecule has 0 radical (unpaired) electrons. The molecule has 0 saturated carbocycles. The molecule has 2 heterocycles. The van der Waals surface area contributed by atoms with Crippen molar-refractivity contribution in [2.75, 3.05) is 6.61 Å². The topological polar surface area (TPSA) is 48.7 Å². The Kier molecular flexibility index (Phi) is 4.57. The van der Waals surface area contributed by atoms with Gasteiger partial charge >= 0.3 is 5.63 Å². The summed E-state index contributed by atoms with van der Waals surface area (Å²) < 4.78 is 31.4. The van der Waals surface area contributed by atoms with E-state index in [-0.39, 0.29) is 10.6 Å². The van der Waals surface area contributed by atoms with Crippen LogP contribution in [0.15, 0.2) is 45.6 Å². The summed E-state index contributed by atoms with van der Waals surface area (Å²) in [6, 6.07) is 9.89. The summed E-state index contributed by atoms with van der Waals surface area (Å²) in [7, 11) is -2.00. The lowest BCUT2D eigenvalue weighted by Crippen LogP contribution is -2.43. The van der Waals surface area contributed by atoms with E-state index in [0.717, 1.165) is 16.7 Å². The Morgan fingerprint density at radius 2 is 1.86 bits per heavy atom. The van der Waals surface area contributed by atoms with Crippen molar-refractivity contribution >= 4 is 19.3 Å². The number of rotatable bonds is 2. The zero-order valence-corrected chi connectivity index (χ0v) is 18.4. The molecule has 1 aromatic heterocycles. The molecular formula is C23H25FO4Si. The van der Waals surface area contributed by atoms with Crippen molar-refractivity contribution in [2.24, 2.45) is 0 Å². The molecule has 0 bridgehead atoms.